The van der Waals surface area contributed by atoms with Crippen LogP contribution in [0.15, 0.2) is 30.3 Å². The normalized spacial score (nSPS) is 11.0. The first-order chi connectivity index (χ1) is 9.65. The fourth-order valence-electron chi connectivity index (χ4n) is 1.87. The van der Waals surface area contributed by atoms with Crippen LogP contribution in [0.25, 0.3) is 10.9 Å². The lowest BCUT2D eigenvalue weighted by molar-refractivity contribution is -0.0974. The molecule has 0 aliphatic carbocycles. The molecule has 106 valence electrons. The van der Waals surface area contributed by atoms with E-state index in [0.29, 0.717) is 11.1 Å². The minimum atomic E-state index is -0.484. The molecule has 20 heavy (non-hydrogen) atoms. The highest BCUT2D eigenvalue weighted by molar-refractivity contribution is 6.30. The largest absolute Gasteiger partial charge is 0.354 e. The van der Waals surface area contributed by atoms with E-state index in [-0.39, 0.29) is 17.6 Å². The highest BCUT2D eigenvalue weighted by atomic mass is 35.5. The zero-order valence-corrected chi connectivity index (χ0v) is 12.0. The van der Waals surface area contributed by atoms with Crippen molar-refractivity contribution in [2.75, 3.05) is 20.8 Å². The molecular weight excluding hydrogens is 280 g/mol. The number of benzene rings is 1. The quantitative estimate of drug-likeness (QED) is 0.678. The molecule has 1 heterocycles. The van der Waals surface area contributed by atoms with Crippen LogP contribution in [-0.2, 0) is 9.47 Å². The van der Waals surface area contributed by atoms with E-state index >= 15 is 0 Å². The summed E-state index contributed by atoms with van der Waals surface area (Å²) < 4.78 is 10.0. The number of para-hydroxylation sites is 1. The molecule has 0 unspecified atom stereocenters. The Morgan fingerprint density at radius 3 is 2.75 bits per heavy atom. The molecule has 0 saturated heterocycles. The van der Waals surface area contributed by atoms with Gasteiger partial charge in [-0.15, -0.1) is 0 Å². The number of nitrogens with one attached hydrogen (secondary N) is 1. The number of nitrogens with zero attached hydrogens (tertiary/aromatic N) is 1. The van der Waals surface area contributed by atoms with E-state index < -0.39 is 6.29 Å². The first kappa shape index (κ1) is 14.7. The van der Waals surface area contributed by atoms with E-state index in [1.54, 1.807) is 6.07 Å². The SMILES string of the molecule is COC(CNC(=O)c1cc(Cl)nc2ccccc12)OC. The molecule has 0 atom stereocenters. The van der Waals surface area contributed by atoms with E-state index in [1.165, 1.54) is 14.2 Å². The number of pyridine rings is 1. The number of amides is 1. The summed E-state index contributed by atoms with van der Waals surface area (Å²) in [5.74, 6) is -0.246. The fraction of sp³-hybridized carbons (Fsp3) is 0.286. The lowest BCUT2D eigenvalue weighted by Crippen LogP contribution is -2.34. The van der Waals surface area contributed by atoms with Gasteiger partial charge in [0, 0.05) is 19.6 Å². The third kappa shape index (κ3) is 3.25. The van der Waals surface area contributed by atoms with Gasteiger partial charge >= 0.3 is 0 Å². The van der Waals surface area contributed by atoms with Crippen molar-refractivity contribution >= 4 is 28.4 Å². The molecule has 1 N–H and O–H groups in total. The van der Waals surface area contributed by atoms with Crippen molar-refractivity contribution in [2.45, 2.75) is 6.29 Å². The van der Waals surface area contributed by atoms with Crippen molar-refractivity contribution < 1.29 is 14.3 Å². The smallest absolute Gasteiger partial charge is 0.252 e. The molecule has 0 bridgehead atoms. The second-order valence-electron chi connectivity index (χ2n) is 4.12. The summed E-state index contributed by atoms with van der Waals surface area (Å²) in [6.45, 7) is 0.250. The minimum absolute atomic E-state index is 0.246. The van der Waals surface area contributed by atoms with Crippen LogP contribution in [0.5, 0.6) is 0 Å². The molecule has 1 aromatic carbocycles. The summed E-state index contributed by atoms with van der Waals surface area (Å²) in [5.41, 5.74) is 1.16. The van der Waals surface area contributed by atoms with Crippen molar-refractivity contribution in [3.63, 3.8) is 0 Å². The Balaban J connectivity index is 2.25. The second kappa shape index (κ2) is 6.65. The maximum Gasteiger partial charge on any atom is 0.252 e. The zero-order chi connectivity index (χ0) is 14.5. The van der Waals surface area contributed by atoms with E-state index in [2.05, 4.69) is 10.3 Å². The van der Waals surface area contributed by atoms with E-state index in [9.17, 15) is 4.79 Å². The molecule has 0 aliphatic rings. The summed E-state index contributed by atoms with van der Waals surface area (Å²) in [4.78, 5) is 16.4. The van der Waals surface area contributed by atoms with Gasteiger partial charge in [-0.25, -0.2) is 4.98 Å². The lowest BCUT2D eigenvalue weighted by Gasteiger charge is -2.14. The van der Waals surface area contributed by atoms with Crippen molar-refractivity contribution in [1.82, 2.24) is 10.3 Å². The number of fused-ring (bicyclic) bond motifs is 1. The average Bonchev–Trinajstić information content (AvgIpc) is 2.47. The van der Waals surface area contributed by atoms with Crippen LogP contribution in [0.1, 0.15) is 10.4 Å². The van der Waals surface area contributed by atoms with Gasteiger partial charge in [0.05, 0.1) is 17.6 Å². The standard InChI is InChI=1S/C14H15ClN2O3/c1-19-13(20-2)8-16-14(18)10-7-12(15)17-11-6-4-3-5-9(10)11/h3-7,13H,8H2,1-2H3,(H,16,18). The maximum atomic E-state index is 12.2. The van der Waals surface area contributed by atoms with Gasteiger partial charge in [-0.05, 0) is 12.1 Å². The molecule has 2 rings (SSSR count). The molecule has 0 saturated carbocycles. The summed E-state index contributed by atoms with van der Waals surface area (Å²) in [6.07, 6.45) is -0.484. The molecule has 2 aromatic rings. The van der Waals surface area contributed by atoms with Crippen LogP contribution < -0.4 is 5.32 Å². The molecule has 5 nitrogen and oxygen atoms in total. The molecule has 1 aromatic heterocycles. The highest BCUT2D eigenvalue weighted by Gasteiger charge is 2.14. The van der Waals surface area contributed by atoms with E-state index in [1.807, 2.05) is 24.3 Å². The predicted octanol–water partition coefficient (Wildman–Crippen LogP) is 2.24. The highest BCUT2D eigenvalue weighted by Crippen LogP contribution is 2.20. The van der Waals surface area contributed by atoms with Crippen LogP contribution in [0, 0.1) is 0 Å². The Morgan fingerprint density at radius 1 is 1.35 bits per heavy atom. The van der Waals surface area contributed by atoms with Gasteiger partial charge < -0.3 is 14.8 Å². The molecule has 0 fully saturated rings. The number of hydrogen-bond acceptors (Lipinski definition) is 4. The number of carbonyl (C=O) groups is 1. The number of hydrogen-bond donors (Lipinski definition) is 1. The number of rotatable bonds is 5. The number of halogens is 1. The van der Waals surface area contributed by atoms with Gasteiger partial charge in [-0.1, -0.05) is 29.8 Å². The van der Waals surface area contributed by atoms with E-state index in [0.717, 1.165) is 5.39 Å². The van der Waals surface area contributed by atoms with Crippen molar-refractivity contribution in [3.8, 4) is 0 Å². The summed E-state index contributed by atoms with van der Waals surface area (Å²) >= 11 is 5.94. The Morgan fingerprint density at radius 2 is 2.05 bits per heavy atom. The van der Waals surface area contributed by atoms with Crippen molar-refractivity contribution in [1.29, 1.82) is 0 Å². The zero-order valence-electron chi connectivity index (χ0n) is 11.2. The maximum absolute atomic E-state index is 12.2. The molecule has 0 spiro atoms. The average molecular weight is 295 g/mol. The Hall–Kier alpha value is -1.69. The summed E-state index contributed by atoms with van der Waals surface area (Å²) in [7, 11) is 3.03. The molecule has 0 radical (unpaired) electrons. The van der Waals surface area contributed by atoms with Crippen LogP contribution >= 0.6 is 11.6 Å². The summed E-state index contributed by atoms with van der Waals surface area (Å²) in [6, 6.07) is 8.89. The van der Waals surface area contributed by atoms with Crippen molar-refractivity contribution in [2.24, 2.45) is 0 Å². The predicted molar refractivity (Wildman–Crippen MR) is 76.9 cm³/mol. The van der Waals surface area contributed by atoms with Gasteiger partial charge in [0.15, 0.2) is 6.29 Å². The molecule has 0 aliphatic heterocycles. The molecular formula is C14H15ClN2O3. The van der Waals surface area contributed by atoms with Gasteiger partial charge in [-0.3, -0.25) is 4.79 Å². The van der Waals surface area contributed by atoms with Gasteiger partial charge in [0.1, 0.15) is 5.15 Å². The third-order valence-electron chi connectivity index (χ3n) is 2.88. The van der Waals surface area contributed by atoms with Crippen LogP contribution in [-0.4, -0.2) is 37.9 Å². The monoisotopic (exact) mass is 294 g/mol. The fourth-order valence-corrected chi connectivity index (χ4v) is 2.07. The molecule has 6 heteroatoms. The topological polar surface area (TPSA) is 60.5 Å². The Bertz CT molecular complexity index is 614. The van der Waals surface area contributed by atoms with Crippen LogP contribution in [0.2, 0.25) is 5.15 Å². The first-order valence-electron chi connectivity index (χ1n) is 6.04. The molecule has 1 amide bonds. The number of methoxy groups -OCH3 is 2. The van der Waals surface area contributed by atoms with Crippen LogP contribution in [0.3, 0.4) is 0 Å². The number of aromatic nitrogens is 1. The number of carbonyl (C=O) groups excluding carboxylic acids is 1. The van der Waals surface area contributed by atoms with Crippen molar-refractivity contribution in [3.05, 3.63) is 41.0 Å². The minimum Gasteiger partial charge on any atom is -0.354 e. The van der Waals surface area contributed by atoms with Gasteiger partial charge in [0.2, 0.25) is 0 Å². The van der Waals surface area contributed by atoms with Gasteiger partial charge in [-0.2, -0.15) is 0 Å². The number of ether oxygens (including phenoxy) is 2. The lowest BCUT2D eigenvalue weighted by atomic mass is 10.1. The van der Waals surface area contributed by atoms with Gasteiger partial charge in [0.25, 0.3) is 5.91 Å². The first-order valence-corrected chi connectivity index (χ1v) is 6.42. The third-order valence-corrected chi connectivity index (χ3v) is 3.08. The Kier molecular flexibility index (Phi) is 4.89. The summed E-state index contributed by atoms with van der Waals surface area (Å²) in [5, 5.41) is 3.78. The Labute approximate surface area is 121 Å². The van der Waals surface area contributed by atoms with E-state index in [4.69, 9.17) is 21.1 Å². The van der Waals surface area contributed by atoms with Crippen LogP contribution in [0.4, 0.5) is 0 Å². The second-order valence-corrected chi connectivity index (χ2v) is 4.51.